The van der Waals surface area contributed by atoms with Crippen LogP contribution in [0.15, 0.2) is 34.0 Å². The van der Waals surface area contributed by atoms with Crippen LogP contribution in [0.2, 0.25) is 0 Å². The Morgan fingerprint density at radius 1 is 1.17 bits per heavy atom. The van der Waals surface area contributed by atoms with E-state index in [1.165, 1.54) is 25.0 Å². The maximum atomic E-state index is 15.1. The minimum atomic E-state index is -1.17. The van der Waals surface area contributed by atoms with Gasteiger partial charge >= 0.3 is 0 Å². The zero-order valence-corrected chi connectivity index (χ0v) is 16.1. The number of halogens is 2. The highest BCUT2D eigenvalue weighted by Gasteiger charge is 2.38. The van der Waals surface area contributed by atoms with Crippen LogP contribution in [-0.2, 0) is 0 Å². The number of piperidine rings is 1. The minimum absolute atomic E-state index is 0.212. The van der Waals surface area contributed by atoms with Crippen molar-refractivity contribution in [2.45, 2.75) is 44.2 Å². The molecule has 1 saturated carbocycles. The molecule has 0 spiro atoms. The van der Waals surface area contributed by atoms with E-state index in [2.05, 4.69) is 10.3 Å². The summed E-state index contributed by atoms with van der Waals surface area (Å²) >= 11 is 0. The lowest BCUT2D eigenvalue weighted by atomic mass is 9.87. The number of H-pyrrole nitrogens is 1. The molecule has 7 heteroatoms. The second-order valence-corrected chi connectivity index (χ2v) is 8.52. The third-order valence-corrected chi connectivity index (χ3v) is 6.46. The van der Waals surface area contributed by atoms with E-state index in [-0.39, 0.29) is 11.5 Å². The van der Waals surface area contributed by atoms with E-state index in [9.17, 15) is 14.0 Å². The Morgan fingerprint density at radius 3 is 2.66 bits per heavy atom. The van der Waals surface area contributed by atoms with Crippen molar-refractivity contribution >= 4 is 28.0 Å². The zero-order valence-electron chi connectivity index (χ0n) is 16.1. The van der Waals surface area contributed by atoms with Crippen molar-refractivity contribution < 1.29 is 8.78 Å². The number of fused-ring (bicyclic) bond motifs is 1. The summed E-state index contributed by atoms with van der Waals surface area (Å²) in [5.41, 5.74) is -0.494. The predicted molar refractivity (Wildman–Crippen MR) is 110 cm³/mol. The average Bonchev–Trinajstić information content (AvgIpc) is 3.48. The van der Waals surface area contributed by atoms with Gasteiger partial charge in [0.25, 0.3) is 10.9 Å². The maximum absolute atomic E-state index is 15.1. The van der Waals surface area contributed by atoms with Gasteiger partial charge in [0.05, 0.1) is 5.69 Å². The molecular formula is C22H23F2N3O2. The van der Waals surface area contributed by atoms with Gasteiger partial charge in [-0.25, -0.2) is 8.78 Å². The lowest BCUT2D eigenvalue weighted by Gasteiger charge is -2.38. The smallest absolute Gasteiger partial charge is 0.253 e. The normalized spacial score (nSPS) is 19.2. The average molecular weight is 399 g/mol. The van der Waals surface area contributed by atoms with Gasteiger partial charge in [-0.1, -0.05) is 12.8 Å². The van der Waals surface area contributed by atoms with E-state index < -0.39 is 16.5 Å². The fourth-order valence-corrected chi connectivity index (χ4v) is 4.38. The standard InChI is InChI=1S/C22H23F2N3O2/c23-14-3-4-16-15(11-14)17(12-25-16)26-18-19(21(29)20(18)28)27-9-7-22(24,8-10-27)6-5-13-1-2-13/h3-4,11-13,25-26H,1-2,5-10H2. The van der Waals surface area contributed by atoms with Gasteiger partial charge in [0.15, 0.2) is 0 Å². The first-order valence-electron chi connectivity index (χ1n) is 10.2. The lowest BCUT2D eigenvalue weighted by Crippen LogP contribution is -2.48. The van der Waals surface area contributed by atoms with Crippen molar-refractivity contribution in [2.75, 3.05) is 23.3 Å². The molecule has 0 unspecified atom stereocenters. The molecule has 2 fully saturated rings. The largest absolute Gasteiger partial charge is 0.366 e. The molecule has 1 aliphatic heterocycles. The van der Waals surface area contributed by atoms with Crippen LogP contribution in [0.4, 0.5) is 25.8 Å². The summed E-state index contributed by atoms with van der Waals surface area (Å²) in [7, 11) is 0. The van der Waals surface area contributed by atoms with Gasteiger partial charge in [0.2, 0.25) is 0 Å². The van der Waals surface area contributed by atoms with E-state index in [1.807, 2.05) is 4.90 Å². The van der Waals surface area contributed by atoms with Crippen LogP contribution in [0.3, 0.4) is 0 Å². The second kappa shape index (κ2) is 6.68. The number of nitrogens with zero attached hydrogens (tertiary/aromatic N) is 1. The number of hydrogen-bond acceptors (Lipinski definition) is 4. The molecule has 3 aromatic rings. The number of nitrogens with one attached hydrogen (secondary N) is 2. The highest BCUT2D eigenvalue weighted by molar-refractivity contribution is 5.96. The summed E-state index contributed by atoms with van der Waals surface area (Å²) in [4.78, 5) is 29.3. The van der Waals surface area contributed by atoms with Crippen LogP contribution in [0.1, 0.15) is 38.5 Å². The Morgan fingerprint density at radius 2 is 1.93 bits per heavy atom. The molecule has 5 nitrogen and oxygen atoms in total. The van der Waals surface area contributed by atoms with E-state index >= 15 is 4.39 Å². The Labute approximate surface area is 166 Å². The lowest BCUT2D eigenvalue weighted by molar-refractivity contribution is 0.109. The first kappa shape index (κ1) is 18.3. The third-order valence-electron chi connectivity index (χ3n) is 6.46. The third kappa shape index (κ3) is 3.32. The van der Waals surface area contributed by atoms with Gasteiger partial charge in [0.1, 0.15) is 22.9 Å². The molecule has 152 valence electrons. The van der Waals surface area contributed by atoms with Gasteiger partial charge < -0.3 is 15.2 Å². The van der Waals surface area contributed by atoms with Gasteiger partial charge in [-0.3, -0.25) is 9.59 Å². The highest BCUT2D eigenvalue weighted by Crippen LogP contribution is 2.40. The molecule has 5 rings (SSSR count). The number of anilines is 3. The van der Waals surface area contributed by atoms with Gasteiger partial charge in [0, 0.05) is 30.2 Å². The number of rotatable bonds is 6. The summed E-state index contributed by atoms with van der Waals surface area (Å²) in [5, 5.41) is 3.60. The van der Waals surface area contributed by atoms with E-state index in [1.54, 1.807) is 12.3 Å². The molecular weight excluding hydrogens is 376 g/mol. The van der Waals surface area contributed by atoms with Crippen molar-refractivity contribution in [1.82, 2.24) is 4.98 Å². The first-order valence-corrected chi connectivity index (χ1v) is 10.2. The number of benzene rings is 1. The predicted octanol–water partition coefficient (Wildman–Crippen LogP) is 4.15. The maximum Gasteiger partial charge on any atom is 0.253 e. The summed E-state index contributed by atoms with van der Waals surface area (Å²) in [6.07, 6.45) is 6.36. The highest BCUT2D eigenvalue weighted by atomic mass is 19.1. The van der Waals surface area contributed by atoms with E-state index in [0.717, 1.165) is 11.9 Å². The molecule has 0 bridgehead atoms. The van der Waals surface area contributed by atoms with Crippen LogP contribution in [0, 0.1) is 11.7 Å². The molecule has 0 atom stereocenters. The van der Waals surface area contributed by atoms with Crippen molar-refractivity contribution in [3.05, 3.63) is 50.7 Å². The Bertz CT molecular complexity index is 1130. The van der Waals surface area contributed by atoms with E-state index in [0.29, 0.717) is 55.0 Å². The van der Waals surface area contributed by atoms with Crippen molar-refractivity contribution in [3.8, 4) is 0 Å². The molecule has 1 saturated heterocycles. The Hall–Kier alpha value is -2.70. The second-order valence-electron chi connectivity index (χ2n) is 8.52. The number of aromatic nitrogens is 1. The molecule has 2 aliphatic rings. The molecule has 29 heavy (non-hydrogen) atoms. The molecule has 0 radical (unpaired) electrons. The van der Waals surface area contributed by atoms with Crippen LogP contribution in [0.25, 0.3) is 10.9 Å². The zero-order chi connectivity index (χ0) is 20.2. The number of hydrogen-bond donors (Lipinski definition) is 2. The first-order chi connectivity index (χ1) is 13.9. The monoisotopic (exact) mass is 399 g/mol. The Kier molecular flexibility index (Phi) is 4.22. The molecule has 1 aliphatic carbocycles. The minimum Gasteiger partial charge on any atom is -0.366 e. The van der Waals surface area contributed by atoms with E-state index in [4.69, 9.17) is 0 Å². The number of alkyl halides is 1. The van der Waals surface area contributed by atoms with Crippen LogP contribution < -0.4 is 21.1 Å². The van der Waals surface area contributed by atoms with Gasteiger partial charge in [-0.05, 0) is 49.8 Å². The van der Waals surface area contributed by atoms with Crippen molar-refractivity contribution in [2.24, 2.45) is 5.92 Å². The van der Waals surface area contributed by atoms with Crippen molar-refractivity contribution in [3.63, 3.8) is 0 Å². The fraction of sp³-hybridized carbons (Fsp3) is 0.455. The topological polar surface area (TPSA) is 65.2 Å². The molecule has 2 N–H and O–H groups in total. The quantitative estimate of drug-likeness (QED) is 0.612. The molecule has 0 amide bonds. The summed E-state index contributed by atoms with van der Waals surface area (Å²) in [6.45, 7) is 0.840. The summed E-state index contributed by atoms with van der Waals surface area (Å²) in [5.74, 6) is 0.317. The van der Waals surface area contributed by atoms with Crippen LogP contribution in [-0.4, -0.2) is 23.7 Å². The Balaban J connectivity index is 1.33. The van der Waals surface area contributed by atoms with Crippen LogP contribution >= 0.6 is 0 Å². The summed E-state index contributed by atoms with van der Waals surface area (Å²) < 4.78 is 28.7. The van der Waals surface area contributed by atoms with Gasteiger partial charge in [-0.2, -0.15) is 0 Å². The molecule has 2 aromatic carbocycles. The van der Waals surface area contributed by atoms with Crippen molar-refractivity contribution in [1.29, 1.82) is 0 Å². The number of aromatic amines is 1. The SMILES string of the molecule is O=c1c(Nc2c[nH]c3ccc(F)cc23)c(N2CCC(F)(CCC3CC3)CC2)c1=O. The molecule has 1 aromatic heterocycles. The van der Waals surface area contributed by atoms with Gasteiger partial charge in [-0.15, -0.1) is 0 Å². The van der Waals surface area contributed by atoms with Crippen LogP contribution in [0.5, 0.6) is 0 Å². The summed E-state index contributed by atoms with van der Waals surface area (Å²) in [6, 6.07) is 4.34. The molecule has 2 heterocycles. The fourth-order valence-electron chi connectivity index (χ4n) is 4.38.